The molecule has 0 spiro atoms. The molecule has 0 bridgehead atoms. The average molecular weight is 332 g/mol. The molecular formula is C19H28N2O3. The summed E-state index contributed by atoms with van der Waals surface area (Å²) in [5.41, 5.74) is 0.904. The predicted molar refractivity (Wildman–Crippen MR) is 93.6 cm³/mol. The molecule has 0 unspecified atom stereocenters. The second kappa shape index (κ2) is 9.96. The summed E-state index contributed by atoms with van der Waals surface area (Å²) in [6.45, 7) is 2.07. The van der Waals surface area contributed by atoms with Gasteiger partial charge in [0.25, 0.3) is 0 Å². The Bertz CT molecular complexity index is 511. The van der Waals surface area contributed by atoms with Crippen molar-refractivity contribution in [2.75, 3.05) is 6.61 Å². The Labute approximate surface area is 144 Å². The molecule has 5 nitrogen and oxygen atoms in total. The van der Waals surface area contributed by atoms with Crippen molar-refractivity contribution >= 4 is 12.0 Å². The van der Waals surface area contributed by atoms with E-state index < -0.39 is 6.09 Å². The first-order valence-corrected chi connectivity index (χ1v) is 8.96. The van der Waals surface area contributed by atoms with Crippen LogP contribution >= 0.6 is 0 Å². The minimum Gasteiger partial charge on any atom is -0.450 e. The Kier molecular flexibility index (Phi) is 7.59. The van der Waals surface area contributed by atoms with Crippen LogP contribution in [0.15, 0.2) is 30.3 Å². The maximum atomic E-state index is 12.4. The van der Waals surface area contributed by atoms with Crippen LogP contribution in [-0.4, -0.2) is 24.6 Å². The van der Waals surface area contributed by atoms with Gasteiger partial charge in [-0.25, -0.2) is 4.79 Å². The third-order valence-electron chi connectivity index (χ3n) is 4.38. The fraction of sp³-hybridized carbons (Fsp3) is 0.579. The highest BCUT2D eigenvalue weighted by Crippen LogP contribution is 2.20. The fourth-order valence-electron chi connectivity index (χ4n) is 3.15. The van der Waals surface area contributed by atoms with Crippen molar-refractivity contribution in [3.63, 3.8) is 0 Å². The Hall–Kier alpha value is -2.04. The molecule has 0 radical (unpaired) electrons. The lowest BCUT2D eigenvalue weighted by Gasteiger charge is -2.21. The zero-order valence-electron chi connectivity index (χ0n) is 14.4. The quantitative estimate of drug-likeness (QED) is 0.781. The fourth-order valence-corrected chi connectivity index (χ4v) is 3.15. The summed E-state index contributed by atoms with van der Waals surface area (Å²) >= 11 is 0. The molecule has 1 aromatic carbocycles. The van der Waals surface area contributed by atoms with Crippen molar-refractivity contribution in [1.82, 2.24) is 10.6 Å². The lowest BCUT2D eigenvalue weighted by molar-refractivity contribution is -0.122. The number of amides is 2. The number of ether oxygens (including phenoxy) is 1. The van der Waals surface area contributed by atoms with Crippen LogP contribution in [0.2, 0.25) is 0 Å². The summed E-state index contributed by atoms with van der Waals surface area (Å²) in [6.07, 6.45) is 6.68. The lowest BCUT2D eigenvalue weighted by atomic mass is 10.0. The van der Waals surface area contributed by atoms with Gasteiger partial charge in [-0.3, -0.25) is 4.79 Å². The summed E-state index contributed by atoms with van der Waals surface area (Å²) in [5, 5.41) is 5.93. The van der Waals surface area contributed by atoms with Crippen LogP contribution in [0, 0.1) is 0 Å². The number of hydrogen-bond donors (Lipinski definition) is 2. The summed E-state index contributed by atoms with van der Waals surface area (Å²) < 4.78 is 4.96. The summed E-state index contributed by atoms with van der Waals surface area (Å²) in [6, 6.07) is 9.42. The average Bonchev–Trinajstić information content (AvgIpc) is 2.84. The SMILES string of the molecule is CCOC(=O)N[C@@H](CC(=O)NC1CCCCCC1)c1ccccc1. The van der Waals surface area contributed by atoms with Crippen LogP contribution in [0.4, 0.5) is 4.79 Å². The standard InChI is InChI=1S/C19H28N2O3/c1-2-24-19(23)21-17(15-10-6-5-7-11-15)14-18(22)20-16-12-8-3-4-9-13-16/h5-7,10-11,16-17H,2-4,8-9,12-14H2,1H3,(H,20,22)(H,21,23)/t17-/m0/s1. The number of hydrogen-bond acceptors (Lipinski definition) is 3. The molecule has 132 valence electrons. The molecule has 1 fully saturated rings. The van der Waals surface area contributed by atoms with Gasteiger partial charge in [0, 0.05) is 6.04 Å². The first-order valence-electron chi connectivity index (χ1n) is 8.96. The van der Waals surface area contributed by atoms with Gasteiger partial charge in [-0.1, -0.05) is 56.0 Å². The molecule has 2 rings (SSSR count). The molecule has 5 heteroatoms. The van der Waals surface area contributed by atoms with Crippen molar-refractivity contribution in [3.8, 4) is 0 Å². The normalized spacial score (nSPS) is 16.7. The Morgan fingerprint density at radius 3 is 2.42 bits per heavy atom. The third kappa shape index (κ3) is 6.22. The molecule has 2 N–H and O–H groups in total. The van der Waals surface area contributed by atoms with Gasteiger partial charge in [-0.05, 0) is 25.3 Å². The van der Waals surface area contributed by atoms with E-state index >= 15 is 0 Å². The van der Waals surface area contributed by atoms with Crippen molar-refractivity contribution in [2.24, 2.45) is 0 Å². The highest BCUT2D eigenvalue weighted by atomic mass is 16.5. The van der Waals surface area contributed by atoms with Gasteiger partial charge in [-0.2, -0.15) is 0 Å². The Morgan fingerprint density at radius 1 is 1.12 bits per heavy atom. The van der Waals surface area contributed by atoms with Crippen LogP contribution in [0.25, 0.3) is 0 Å². The van der Waals surface area contributed by atoms with E-state index in [0.717, 1.165) is 18.4 Å². The van der Waals surface area contributed by atoms with Gasteiger partial charge in [0.05, 0.1) is 19.1 Å². The number of benzene rings is 1. The maximum absolute atomic E-state index is 12.4. The Morgan fingerprint density at radius 2 is 1.79 bits per heavy atom. The molecule has 0 heterocycles. The molecule has 1 saturated carbocycles. The van der Waals surface area contributed by atoms with E-state index in [4.69, 9.17) is 4.74 Å². The number of carbonyl (C=O) groups excluding carboxylic acids is 2. The number of rotatable bonds is 6. The zero-order valence-corrected chi connectivity index (χ0v) is 14.4. The highest BCUT2D eigenvalue weighted by Gasteiger charge is 2.21. The molecule has 0 aliphatic heterocycles. The molecule has 0 saturated heterocycles. The Balaban J connectivity index is 1.95. The first-order chi connectivity index (χ1) is 11.7. The zero-order chi connectivity index (χ0) is 17.2. The van der Waals surface area contributed by atoms with Crippen molar-refractivity contribution in [2.45, 2.75) is 64.0 Å². The number of alkyl carbamates (subject to hydrolysis) is 1. The minimum atomic E-state index is -0.492. The molecule has 1 aromatic rings. The van der Waals surface area contributed by atoms with Gasteiger partial charge in [-0.15, -0.1) is 0 Å². The summed E-state index contributed by atoms with van der Waals surface area (Å²) in [7, 11) is 0. The topological polar surface area (TPSA) is 67.4 Å². The van der Waals surface area contributed by atoms with Gasteiger partial charge in [0.15, 0.2) is 0 Å². The molecule has 1 aliphatic carbocycles. The van der Waals surface area contributed by atoms with Crippen LogP contribution < -0.4 is 10.6 Å². The van der Waals surface area contributed by atoms with Crippen LogP contribution in [0.5, 0.6) is 0 Å². The van der Waals surface area contributed by atoms with Gasteiger partial charge in [0.1, 0.15) is 0 Å². The maximum Gasteiger partial charge on any atom is 0.407 e. The van der Waals surface area contributed by atoms with E-state index in [2.05, 4.69) is 10.6 Å². The summed E-state index contributed by atoms with van der Waals surface area (Å²) in [4.78, 5) is 24.2. The van der Waals surface area contributed by atoms with Gasteiger partial charge < -0.3 is 15.4 Å². The van der Waals surface area contributed by atoms with Gasteiger partial charge >= 0.3 is 6.09 Å². The molecule has 0 aromatic heterocycles. The van der Waals surface area contributed by atoms with E-state index in [-0.39, 0.29) is 24.4 Å². The van der Waals surface area contributed by atoms with E-state index in [9.17, 15) is 9.59 Å². The van der Waals surface area contributed by atoms with E-state index in [0.29, 0.717) is 6.61 Å². The summed E-state index contributed by atoms with van der Waals surface area (Å²) in [5.74, 6) is -0.0208. The van der Waals surface area contributed by atoms with Crippen molar-refractivity contribution in [3.05, 3.63) is 35.9 Å². The van der Waals surface area contributed by atoms with Crippen molar-refractivity contribution in [1.29, 1.82) is 0 Å². The molecule has 1 aliphatic rings. The van der Waals surface area contributed by atoms with Crippen LogP contribution in [0.1, 0.15) is 63.5 Å². The predicted octanol–water partition coefficient (Wildman–Crippen LogP) is 3.70. The molecular weight excluding hydrogens is 304 g/mol. The van der Waals surface area contributed by atoms with E-state index in [1.54, 1.807) is 6.92 Å². The van der Waals surface area contributed by atoms with E-state index in [1.165, 1.54) is 25.7 Å². The van der Waals surface area contributed by atoms with Crippen LogP contribution in [0.3, 0.4) is 0 Å². The largest absolute Gasteiger partial charge is 0.450 e. The molecule has 1 atom stereocenters. The number of carbonyl (C=O) groups is 2. The second-order valence-electron chi connectivity index (χ2n) is 6.29. The molecule has 2 amide bonds. The highest BCUT2D eigenvalue weighted by molar-refractivity contribution is 5.78. The monoisotopic (exact) mass is 332 g/mol. The lowest BCUT2D eigenvalue weighted by Crippen LogP contribution is -2.38. The van der Waals surface area contributed by atoms with E-state index in [1.807, 2.05) is 30.3 Å². The second-order valence-corrected chi connectivity index (χ2v) is 6.29. The number of nitrogens with one attached hydrogen (secondary N) is 2. The van der Waals surface area contributed by atoms with Crippen LogP contribution in [-0.2, 0) is 9.53 Å². The van der Waals surface area contributed by atoms with Crippen molar-refractivity contribution < 1.29 is 14.3 Å². The van der Waals surface area contributed by atoms with Gasteiger partial charge in [0.2, 0.25) is 5.91 Å². The molecule has 24 heavy (non-hydrogen) atoms. The smallest absolute Gasteiger partial charge is 0.407 e. The third-order valence-corrected chi connectivity index (χ3v) is 4.38. The minimum absolute atomic E-state index is 0.0208. The first kappa shape index (κ1) is 18.3.